The van der Waals surface area contributed by atoms with E-state index in [1.807, 2.05) is 6.92 Å². The average molecular weight is 287 g/mol. The molecule has 0 aliphatic carbocycles. The maximum atomic E-state index is 11.5. The molecule has 8 heteroatoms. The van der Waals surface area contributed by atoms with Crippen LogP contribution in [0.3, 0.4) is 0 Å². The predicted molar refractivity (Wildman–Crippen MR) is 67.5 cm³/mol. The van der Waals surface area contributed by atoms with Crippen molar-refractivity contribution in [3.63, 3.8) is 0 Å². The second kappa shape index (κ2) is 7.30. The summed E-state index contributed by atoms with van der Waals surface area (Å²) >= 11 is 0. The van der Waals surface area contributed by atoms with E-state index in [2.05, 4.69) is 5.32 Å². The number of rotatable bonds is 9. The van der Waals surface area contributed by atoms with Crippen LogP contribution < -0.4 is 5.32 Å². The summed E-state index contributed by atoms with van der Waals surface area (Å²) in [7, 11) is -6.81. The Balaban J connectivity index is 4.08. The molecule has 17 heavy (non-hydrogen) atoms. The quantitative estimate of drug-likeness (QED) is 0.517. The first-order valence-corrected chi connectivity index (χ1v) is 9.31. The van der Waals surface area contributed by atoms with Gasteiger partial charge in [-0.3, -0.25) is 0 Å². The molecule has 0 saturated heterocycles. The molecule has 2 N–H and O–H groups in total. The van der Waals surface area contributed by atoms with Gasteiger partial charge in [-0.25, -0.2) is 16.8 Å². The number of aliphatic hydroxyl groups is 1. The van der Waals surface area contributed by atoms with Gasteiger partial charge >= 0.3 is 0 Å². The second-order valence-corrected chi connectivity index (χ2v) is 8.59. The highest BCUT2D eigenvalue weighted by molar-refractivity contribution is 7.94. The fourth-order valence-electron chi connectivity index (χ4n) is 1.16. The van der Waals surface area contributed by atoms with Crippen molar-refractivity contribution >= 4 is 19.7 Å². The van der Waals surface area contributed by atoms with Crippen molar-refractivity contribution < 1.29 is 21.9 Å². The van der Waals surface area contributed by atoms with E-state index in [4.69, 9.17) is 0 Å². The average Bonchev–Trinajstić information content (AvgIpc) is 2.14. The molecule has 0 saturated carbocycles. The SMILES string of the molecule is CCCNCC(O)CS(=O)(=O)CCS(C)(=O)=O. The van der Waals surface area contributed by atoms with E-state index in [1.54, 1.807) is 0 Å². The Labute approximate surface area is 103 Å². The molecule has 0 spiro atoms. The monoisotopic (exact) mass is 287 g/mol. The summed E-state index contributed by atoms with van der Waals surface area (Å²) in [6.07, 6.45) is 0.890. The Morgan fingerprint density at radius 1 is 1.18 bits per heavy atom. The molecule has 1 atom stereocenters. The Bertz CT molecular complexity index is 401. The molecule has 0 radical (unpaired) electrons. The molecule has 1 unspecified atom stereocenters. The first kappa shape index (κ1) is 16.8. The first-order valence-electron chi connectivity index (χ1n) is 5.43. The molecule has 0 heterocycles. The molecule has 6 nitrogen and oxygen atoms in total. The van der Waals surface area contributed by atoms with E-state index in [-0.39, 0.29) is 6.54 Å². The normalized spacial score (nSPS) is 14.8. The van der Waals surface area contributed by atoms with Crippen LogP contribution in [0.15, 0.2) is 0 Å². The lowest BCUT2D eigenvalue weighted by Gasteiger charge is -2.11. The minimum Gasteiger partial charge on any atom is -0.391 e. The van der Waals surface area contributed by atoms with Crippen LogP contribution in [-0.4, -0.2) is 64.6 Å². The minimum atomic E-state index is -3.52. The van der Waals surface area contributed by atoms with E-state index in [9.17, 15) is 21.9 Å². The molecule has 0 aliphatic rings. The van der Waals surface area contributed by atoms with Crippen LogP contribution in [0.5, 0.6) is 0 Å². The zero-order valence-corrected chi connectivity index (χ0v) is 11.8. The largest absolute Gasteiger partial charge is 0.391 e. The topological polar surface area (TPSA) is 101 Å². The van der Waals surface area contributed by atoms with Crippen LogP contribution >= 0.6 is 0 Å². The van der Waals surface area contributed by atoms with E-state index < -0.39 is 43.0 Å². The molecule has 0 aromatic heterocycles. The lowest BCUT2D eigenvalue weighted by atomic mass is 10.4. The molecule has 0 amide bonds. The zero-order chi connectivity index (χ0) is 13.5. The van der Waals surface area contributed by atoms with Crippen LogP contribution in [0, 0.1) is 0 Å². The van der Waals surface area contributed by atoms with E-state index in [0.29, 0.717) is 6.54 Å². The fraction of sp³-hybridized carbons (Fsp3) is 1.00. The van der Waals surface area contributed by atoms with Gasteiger partial charge in [-0.15, -0.1) is 0 Å². The Morgan fingerprint density at radius 3 is 2.24 bits per heavy atom. The lowest BCUT2D eigenvalue weighted by molar-refractivity contribution is 0.194. The van der Waals surface area contributed by atoms with Gasteiger partial charge in [-0.2, -0.15) is 0 Å². The van der Waals surface area contributed by atoms with Gasteiger partial charge in [0.2, 0.25) is 0 Å². The summed E-state index contributed by atoms with van der Waals surface area (Å²) in [4.78, 5) is 0. The van der Waals surface area contributed by atoms with E-state index in [1.165, 1.54) is 0 Å². The highest BCUT2D eigenvalue weighted by Gasteiger charge is 2.19. The molecule has 0 bridgehead atoms. The van der Waals surface area contributed by atoms with E-state index >= 15 is 0 Å². The second-order valence-electron chi connectivity index (χ2n) is 4.10. The van der Waals surface area contributed by atoms with Gasteiger partial charge in [0.15, 0.2) is 9.84 Å². The number of aliphatic hydroxyl groups excluding tert-OH is 1. The van der Waals surface area contributed by atoms with Crippen LogP contribution in [0.4, 0.5) is 0 Å². The van der Waals surface area contributed by atoms with Crippen LogP contribution in [0.25, 0.3) is 0 Å². The van der Waals surface area contributed by atoms with Gasteiger partial charge in [0.05, 0.1) is 23.4 Å². The predicted octanol–water partition coefficient (Wildman–Crippen LogP) is -1.19. The summed E-state index contributed by atoms with van der Waals surface area (Å²) in [5, 5.41) is 12.3. The summed E-state index contributed by atoms with van der Waals surface area (Å²) in [5.74, 6) is -1.24. The van der Waals surface area contributed by atoms with Crippen molar-refractivity contribution in [1.29, 1.82) is 0 Å². The third-order valence-corrected chi connectivity index (χ3v) is 4.94. The summed E-state index contributed by atoms with van der Waals surface area (Å²) in [6, 6.07) is 0. The van der Waals surface area contributed by atoms with Crippen molar-refractivity contribution in [3.8, 4) is 0 Å². The molecule has 0 fully saturated rings. The fourth-order valence-corrected chi connectivity index (χ4v) is 4.26. The number of hydrogen-bond donors (Lipinski definition) is 2. The maximum absolute atomic E-state index is 11.5. The molecule has 0 aliphatic heterocycles. The third-order valence-electron chi connectivity index (χ3n) is 2.02. The summed E-state index contributed by atoms with van der Waals surface area (Å²) < 4.78 is 44.6. The number of sulfone groups is 2. The molecule has 104 valence electrons. The van der Waals surface area contributed by atoms with Gasteiger partial charge in [0.1, 0.15) is 9.84 Å². The molecular weight excluding hydrogens is 266 g/mol. The van der Waals surface area contributed by atoms with Crippen molar-refractivity contribution in [1.82, 2.24) is 5.32 Å². The zero-order valence-electron chi connectivity index (χ0n) is 10.2. The minimum absolute atomic E-state index is 0.200. The molecule has 0 aromatic rings. The van der Waals surface area contributed by atoms with Crippen LogP contribution in [0.2, 0.25) is 0 Å². The number of hydrogen-bond acceptors (Lipinski definition) is 6. The Morgan fingerprint density at radius 2 is 1.76 bits per heavy atom. The highest BCUT2D eigenvalue weighted by atomic mass is 32.2. The van der Waals surface area contributed by atoms with Gasteiger partial charge in [-0.05, 0) is 13.0 Å². The van der Waals surface area contributed by atoms with Crippen molar-refractivity contribution in [2.45, 2.75) is 19.4 Å². The van der Waals surface area contributed by atoms with Crippen molar-refractivity contribution in [2.24, 2.45) is 0 Å². The molecule has 0 aromatic carbocycles. The van der Waals surface area contributed by atoms with Crippen molar-refractivity contribution in [2.75, 3.05) is 36.6 Å². The highest BCUT2D eigenvalue weighted by Crippen LogP contribution is 1.97. The standard InChI is InChI=1S/C9H21NO5S2/c1-3-4-10-7-9(11)8-17(14,15)6-5-16(2,12)13/h9-11H,3-8H2,1-2H3. The van der Waals surface area contributed by atoms with Crippen molar-refractivity contribution in [3.05, 3.63) is 0 Å². The smallest absolute Gasteiger partial charge is 0.153 e. The van der Waals surface area contributed by atoms with E-state index in [0.717, 1.165) is 12.7 Å². The van der Waals surface area contributed by atoms with Gasteiger partial charge < -0.3 is 10.4 Å². The first-order chi connectivity index (χ1) is 7.66. The van der Waals surface area contributed by atoms with Gasteiger partial charge in [0.25, 0.3) is 0 Å². The summed E-state index contributed by atoms with van der Waals surface area (Å²) in [5.41, 5.74) is 0. The van der Waals surface area contributed by atoms with Crippen LogP contribution in [-0.2, 0) is 19.7 Å². The third kappa shape index (κ3) is 10.7. The maximum Gasteiger partial charge on any atom is 0.153 e. The molecular formula is C9H21NO5S2. The van der Waals surface area contributed by atoms with Crippen LogP contribution in [0.1, 0.15) is 13.3 Å². The van der Waals surface area contributed by atoms with Gasteiger partial charge in [-0.1, -0.05) is 6.92 Å². The summed E-state index contributed by atoms with van der Waals surface area (Å²) in [6.45, 7) is 2.87. The van der Waals surface area contributed by atoms with Gasteiger partial charge in [0, 0.05) is 12.8 Å². The Kier molecular flexibility index (Phi) is 7.22. The molecule has 0 rings (SSSR count). The number of nitrogens with one attached hydrogen (secondary N) is 1. The lowest BCUT2D eigenvalue weighted by Crippen LogP contribution is -2.34. The Hall–Kier alpha value is -0.180.